The molecular weight excluding hydrogens is 324 g/mol. The predicted molar refractivity (Wildman–Crippen MR) is 109 cm³/mol. The second-order valence-corrected chi connectivity index (χ2v) is 10.9. The maximum Gasteiger partial charge on any atom is 0.225 e. The molecule has 0 bridgehead atoms. The second kappa shape index (κ2) is 7.90. The van der Waals surface area contributed by atoms with E-state index in [4.69, 9.17) is 0 Å². The molecule has 2 atom stereocenters. The molecule has 2 N–H and O–H groups in total. The average Bonchev–Trinajstić information content (AvgIpc) is 2.50. The first-order chi connectivity index (χ1) is 11.7. The third-order valence-corrected chi connectivity index (χ3v) is 6.45. The lowest BCUT2D eigenvalue weighted by Crippen LogP contribution is -2.53. The average molecular weight is 367 g/mol. The standard InChI is InChI=1S/C22H42N2O2/c1-10-20(5,6)17(25)23-15-22(9)13-16(12-19(3,4)14-22)24-18(26)21(7,8)11-2/h16H,10-15H2,1-9H3,(H,23,25)(H,24,26). The van der Waals surface area contributed by atoms with Crippen LogP contribution in [0.3, 0.4) is 0 Å². The summed E-state index contributed by atoms with van der Waals surface area (Å²) in [6, 6.07) is 0.165. The van der Waals surface area contributed by atoms with Crippen molar-refractivity contribution in [3.8, 4) is 0 Å². The Kier molecular flexibility index (Phi) is 6.98. The monoisotopic (exact) mass is 366 g/mol. The molecule has 4 nitrogen and oxygen atoms in total. The van der Waals surface area contributed by atoms with Crippen LogP contribution in [0.1, 0.15) is 94.4 Å². The zero-order chi connectivity index (χ0) is 20.4. The molecule has 1 aliphatic carbocycles. The van der Waals surface area contributed by atoms with Crippen molar-refractivity contribution in [1.82, 2.24) is 10.6 Å². The second-order valence-electron chi connectivity index (χ2n) is 10.9. The fourth-order valence-electron chi connectivity index (χ4n) is 4.11. The van der Waals surface area contributed by atoms with E-state index in [1.807, 2.05) is 34.6 Å². The maximum atomic E-state index is 12.6. The zero-order valence-corrected chi connectivity index (χ0v) is 18.6. The van der Waals surface area contributed by atoms with Crippen molar-refractivity contribution in [2.75, 3.05) is 6.54 Å². The summed E-state index contributed by atoms with van der Waals surface area (Å²) < 4.78 is 0. The van der Waals surface area contributed by atoms with Gasteiger partial charge in [0.1, 0.15) is 0 Å². The fourth-order valence-corrected chi connectivity index (χ4v) is 4.11. The van der Waals surface area contributed by atoms with E-state index >= 15 is 0 Å². The smallest absolute Gasteiger partial charge is 0.225 e. The molecule has 2 amide bonds. The molecule has 26 heavy (non-hydrogen) atoms. The van der Waals surface area contributed by atoms with Gasteiger partial charge < -0.3 is 10.6 Å². The van der Waals surface area contributed by atoms with Crippen LogP contribution in [0.2, 0.25) is 0 Å². The van der Waals surface area contributed by atoms with Gasteiger partial charge in [-0.25, -0.2) is 0 Å². The van der Waals surface area contributed by atoms with Crippen molar-refractivity contribution in [3.63, 3.8) is 0 Å². The van der Waals surface area contributed by atoms with Crippen LogP contribution in [-0.2, 0) is 9.59 Å². The number of rotatable bonds is 7. The molecule has 0 aromatic heterocycles. The van der Waals surface area contributed by atoms with E-state index in [0.29, 0.717) is 6.54 Å². The van der Waals surface area contributed by atoms with E-state index in [1.165, 1.54) is 0 Å². The predicted octanol–water partition coefficient (Wildman–Crippen LogP) is 4.68. The van der Waals surface area contributed by atoms with Gasteiger partial charge in [0, 0.05) is 23.4 Å². The van der Waals surface area contributed by atoms with E-state index in [1.54, 1.807) is 0 Å². The molecule has 4 heteroatoms. The quantitative estimate of drug-likeness (QED) is 0.687. The first-order valence-corrected chi connectivity index (χ1v) is 10.3. The Morgan fingerprint density at radius 1 is 0.923 bits per heavy atom. The first-order valence-electron chi connectivity index (χ1n) is 10.3. The van der Waals surface area contributed by atoms with Crippen molar-refractivity contribution in [1.29, 1.82) is 0 Å². The van der Waals surface area contributed by atoms with Gasteiger partial charge in [-0.15, -0.1) is 0 Å². The molecule has 1 fully saturated rings. The Balaban J connectivity index is 2.82. The summed E-state index contributed by atoms with van der Waals surface area (Å²) in [5.74, 6) is 0.263. The van der Waals surface area contributed by atoms with Gasteiger partial charge in [-0.3, -0.25) is 9.59 Å². The number of carbonyl (C=O) groups excluding carboxylic acids is 2. The Bertz CT molecular complexity index is 522. The van der Waals surface area contributed by atoms with Gasteiger partial charge in [-0.1, -0.05) is 62.3 Å². The van der Waals surface area contributed by atoms with Crippen LogP contribution >= 0.6 is 0 Å². The molecule has 0 spiro atoms. The summed E-state index contributed by atoms with van der Waals surface area (Å²) in [6.07, 6.45) is 4.61. The van der Waals surface area contributed by atoms with Crippen molar-refractivity contribution >= 4 is 11.8 Å². The van der Waals surface area contributed by atoms with Crippen LogP contribution in [-0.4, -0.2) is 24.4 Å². The van der Waals surface area contributed by atoms with Gasteiger partial charge in [0.05, 0.1) is 0 Å². The molecule has 1 rings (SSSR count). The van der Waals surface area contributed by atoms with Crippen LogP contribution in [0, 0.1) is 21.7 Å². The lowest BCUT2D eigenvalue weighted by atomic mass is 9.62. The highest BCUT2D eigenvalue weighted by Crippen LogP contribution is 2.46. The molecule has 2 unspecified atom stereocenters. The minimum atomic E-state index is -0.336. The SMILES string of the molecule is CCC(C)(C)C(=O)NCC1(C)CC(NC(=O)C(C)(C)CC)CC(C)(C)C1. The van der Waals surface area contributed by atoms with Gasteiger partial charge in [0.25, 0.3) is 0 Å². The van der Waals surface area contributed by atoms with Crippen molar-refractivity contribution in [2.45, 2.75) is 100 Å². The summed E-state index contributed by atoms with van der Waals surface area (Å²) in [7, 11) is 0. The van der Waals surface area contributed by atoms with Gasteiger partial charge in [0.2, 0.25) is 11.8 Å². The van der Waals surface area contributed by atoms with Gasteiger partial charge in [0.15, 0.2) is 0 Å². The lowest BCUT2D eigenvalue weighted by molar-refractivity contribution is -0.132. The van der Waals surface area contributed by atoms with E-state index < -0.39 is 0 Å². The Morgan fingerprint density at radius 3 is 1.92 bits per heavy atom. The lowest BCUT2D eigenvalue weighted by Gasteiger charge is -2.47. The van der Waals surface area contributed by atoms with E-state index in [2.05, 4.69) is 38.3 Å². The van der Waals surface area contributed by atoms with Crippen LogP contribution in [0.5, 0.6) is 0 Å². The normalized spacial score (nSPS) is 26.3. The van der Waals surface area contributed by atoms with E-state index in [-0.39, 0.29) is 39.5 Å². The van der Waals surface area contributed by atoms with Gasteiger partial charge >= 0.3 is 0 Å². The van der Waals surface area contributed by atoms with Crippen LogP contribution < -0.4 is 10.6 Å². The highest BCUT2D eigenvalue weighted by Gasteiger charge is 2.43. The summed E-state index contributed by atoms with van der Waals surface area (Å²) in [6.45, 7) is 19.5. The van der Waals surface area contributed by atoms with Crippen molar-refractivity contribution < 1.29 is 9.59 Å². The summed E-state index contributed by atoms with van der Waals surface area (Å²) in [5, 5.41) is 6.48. The molecule has 0 heterocycles. The third-order valence-electron chi connectivity index (χ3n) is 6.45. The Morgan fingerprint density at radius 2 is 1.42 bits per heavy atom. The van der Waals surface area contributed by atoms with Crippen LogP contribution in [0.4, 0.5) is 0 Å². The minimum Gasteiger partial charge on any atom is -0.355 e. The summed E-state index contributed by atoms with van der Waals surface area (Å²) in [4.78, 5) is 25.1. The van der Waals surface area contributed by atoms with Crippen LogP contribution in [0.15, 0.2) is 0 Å². The Labute approximate surface area is 161 Å². The highest BCUT2D eigenvalue weighted by atomic mass is 16.2. The maximum absolute atomic E-state index is 12.6. The van der Waals surface area contributed by atoms with Crippen molar-refractivity contribution in [3.05, 3.63) is 0 Å². The third kappa shape index (κ3) is 5.99. The number of hydrogen-bond donors (Lipinski definition) is 2. The minimum absolute atomic E-state index is 0.00443. The molecule has 0 aromatic rings. The molecule has 0 saturated heterocycles. The molecule has 1 aliphatic rings. The van der Waals surface area contributed by atoms with E-state index in [0.717, 1.165) is 32.1 Å². The van der Waals surface area contributed by atoms with Crippen molar-refractivity contribution in [2.24, 2.45) is 21.7 Å². The van der Waals surface area contributed by atoms with Gasteiger partial charge in [-0.2, -0.15) is 0 Å². The molecule has 0 aliphatic heterocycles. The molecule has 152 valence electrons. The summed E-state index contributed by atoms with van der Waals surface area (Å²) >= 11 is 0. The molecule has 0 radical (unpaired) electrons. The Hall–Kier alpha value is -1.06. The number of carbonyl (C=O) groups is 2. The largest absolute Gasteiger partial charge is 0.355 e. The zero-order valence-electron chi connectivity index (χ0n) is 18.6. The number of hydrogen-bond acceptors (Lipinski definition) is 2. The number of nitrogens with one attached hydrogen (secondary N) is 2. The highest BCUT2D eigenvalue weighted by molar-refractivity contribution is 5.82. The molecular formula is C22H42N2O2. The van der Waals surface area contributed by atoms with E-state index in [9.17, 15) is 9.59 Å². The van der Waals surface area contributed by atoms with Gasteiger partial charge in [-0.05, 0) is 42.9 Å². The molecule has 1 saturated carbocycles. The van der Waals surface area contributed by atoms with Crippen LogP contribution in [0.25, 0.3) is 0 Å². The summed E-state index contributed by atoms with van der Waals surface area (Å²) in [5.41, 5.74) is -0.529. The fraction of sp³-hybridized carbons (Fsp3) is 0.909. The first kappa shape index (κ1) is 23.0. The molecule has 0 aromatic carbocycles. The topological polar surface area (TPSA) is 58.2 Å². The number of amides is 2.